The van der Waals surface area contributed by atoms with Crippen molar-refractivity contribution in [3.63, 3.8) is 0 Å². The molecule has 4 aromatic rings. The van der Waals surface area contributed by atoms with Crippen LogP contribution in [0.1, 0.15) is 30.9 Å². The Morgan fingerprint density at radius 1 is 1.05 bits per heavy atom. The van der Waals surface area contributed by atoms with Crippen molar-refractivity contribution in [2.24, 2.45) is 7.05 Å². The summed E-state index contributed by atoms with van der Waals surface area (Å²) >= 11 is 0. The van der Waals surface area contributed by atoms with Crippen molar-refractivity contribution in [3.8, 4) is 5.69 Å². The highest BCUT2D eigenvalue weighted by Crippen LogP contribution is 2.38. The highest BCUT2D eigenvalue weighted by atomic mass is 16.5. The molecule has 4 heterocycles. The molecule has 0 radical (unpaired) electrons. The molecule has 0 unspecified atom stereocenters. The number of carbonyl (C=O) groups excluding carboxylic acids is 2. The highest BCUT2D eigenvalue weighted by Gasteiger charge is 2.43. The Hall–Kier alpha value is -4.24. The molecular weight excluding hydrogens is 470 g/mol. The average Bonchev–Trinajstić information content (AvgIpc) is 3.65. The van der Waals surface area contributed by atoms with Gasteiger partial charge in [-0.2, -0.15) is 5.10 Å². The minimum atomic E-state index is -0.458. The van der Waals surface area contributed by atoms with E-state index >= 15 is 0 Å². The Kier molecular flexibility index (Phi) is 5.84. The van der Waals surface area contributed by atoms with Gasteiger partial charge in [0.05, 0.1) is 29.5 Å². The van der Waals surface area contributed by atoms with Crippen LogP contribution >= 0.6 is 0 Å². The summed E-state index contributed by atoms with van der Waals surface area (Å²) in [6.07, 6.45) is 4.79. The van der Waals surface area contributed by atoms with Gasteiger partial charge in [-0.15, -0.1) is 0 Å². The highest BCUT2D eigenvalue weighted by molar-refractivity contribution is 6.00. The van der Waals surface area contributed by atoms with Gasteiger partial charge in [0, 0.05) is 43.4 Å². The third kappa shape index (κ3) is 4.21. The van der Waals surface area contributed by atoms with E-state index in [0.29, 0.717) is 13.0 Å². The van der Waals surface area contributed by atoms with Crippen LogP contribution < -0.4 is 15.8 Å². The van der Waals surface area contributed by atoms with Gasteiger partial charge in [-0.05, 0) is 42.7 Å². The van der Waals surface area contributed by atoms with Gasteiger partial charge in [-0.3, -0.25) is 14.4 Å². The van der Waals surface area contributed by atoms with Gasteiger partial charge in [0.2, 0.25) is 17.4 Å². The van der Waals surface area contributed by atoms with E-state index in [1.165, 1.54) is 10.6 Å². The van der Waals surface area contributed by atoms with E-state index in [1.54, 1.807) is 35.1 Å². The molecule has 2 saturated heterocycles. The van der Waals surface area contributed by atoms with E-state index in [1.807, 2.05) is 48.5 Å². The molecule has 0 bridgehead atoms. The lowest BCUT2D eigenvalue weighted by Gasteiger charge is -2.29. The van der Waals surface area contributed by atoms with E-state index < -0.39 is 6.10 Å². The largest absolute Gasteiger partial charge is 0.368 e. The summed E-state index contributed by atoms with van der Waals surface area (Å²) in [5, 5.41) is 8.49. The van der Waals surface area contributed by atoms with Crippen molar-refractivity contribution in [1.82, 2.24) is 19.7 Å². The Morgan fingerprint density at radius 2 is 1.86 bits per heavy atom. The zero-order valence-corrected chi connectivity index (χ0v) is 20.4. The number of rotatable bonds is 5. The van der Waals surface area contributed by atoms with E-state index in [9.17, 15) is 14.4 Å². The van der Waals surface area contributed by atoms with E-state index in [-0.39, 0.29) is 35.9 Å². The number of pyridine rings is 1. The van der Waals surface area contributed by atoms with Crippen LogP contribution in [-0.4, -0.2) is 44.9 Å². The van der Waals surface area contributed by atoms with Gasteiger partial charge < -0.3 is 19.5 Å². The summed E-state index contributed by atoms with van der Waals surface area (Å²) in [6, 6.07) is 18.1. The first kappa shape index (κ1) is 23.2. The number of anilines is 1. The molecule has 37 heavy (non-hydrogen) atoms. The summed E-state index contributed by atoms with van der Waals surface area (Å²) in [5.41, 5.74) is 3.21. The molecule has 188 valence electrons. The van der Waals surface area contributed by atoms with Crippen molar-refractivity contribution < 1.29 is 14.3 Å². The second-order valence-corrected chi connectivity index (χ2v) is 9.58. The van der Waals surface area contributed by atoms with Crippen molar-refractivity contribution in [2.75, 3.05) is 11.5 Å². The number of carbonyl (C=O) groups is 2. The number of aromatic nitrogens is 3. The lowest BCUT2D eigenvalue weighted by molar-refractivity contribution is -0.130. The number of aryl methyl sites for hydroxylation is 1. The van der Waals surface area contributed by atoms with E-state index in [4.69, 9.17) is 4.74 Å². The monoisotopic (exact) mass is 497 g/mol. The molecular formula is C28H27N5O4. The third-order valence-corrected chi connectivity index (χ3v) is 7.16. The minimum absolute atomic E-state index is 0.0590. The zero-order chi connectivity index (χ0) is 25.5. The van der Waals surface area contributed by atoms with Crippen LogP contribution in [0.2, 0.25) is 0 Å². The SMILES string of the molecule is Cn1cc(-n2ncc3cc(N4C(=O)C[C@H](NC(=O)[C@H]5CCCO5)[C@H]4c4ccccc4)ccc32)ccc1=O. The molecule has 1 N–H and O–H groups in total. The first-order chi connectivity index (χ1) is 18.0. The molecule has 2 fully saturated rings. The summed E-state index contributed by atoms with van der Waals surface area (Å²) in [4.78, 5) is 39.9. The van der Waals surface area contributed by atoms with Gasteiger partial charge in [-0.25, -0.2) is 4.68 Å². The smallest absolute Gasteiger partial charge is 0.250 e. The van der Waals surface area contributed by atoms with Crippen molar-refractivity contribution >= 4 is 28.4 Å². The fraction of sp³-hybridized carbons (Fsp3) is 0.286. The van der Waals surface area contributed by atoms with Crippen LogP contribution in [0.25, 0.3) is 16.6 Å². The molecule has 2 aromatic carbocycles. The van der Waals surface area contributed by atoms with Crippen LogP contribution in [0.15, 0.2) is 77.9 Å². The summed E-state index contributed by atoms with van der Waals surface area (Å²) < 4.78 is 8.84. The van der Waals surface area contributed by atoms with Crippen LogP contribution in [-0.2, 0) is 21.4 Å². The number of benzene rings is 2. The number of hydrogen-bond donors (Lipinski definition) is 1. The molecule has 0 aliphatic carbocycles. The quantitative estimate of drug-likeness (QED) is 0.457. The minimum Gasteiger partial charge on any atom is -0.368 e. The zero-order valence-electron chi connectivity index (χ0n) is 20.4. The van der Waals surface area contributed by atoms with Crippen LogP contribution in [0.3, 0.4) is 0 Å². The van der Waals surface area contributed by atoms with Crippen molar-refractivity contribution in [3.05, 3.63) is 89.0 Å². The van der Waals surface area contributed by atoms with Crippen LogP contribution in [0.4, 0.5) is 5.69 Å². The number of nitrogens with zero attached hydrogens (tertiary/aromatic N) is 4. The lowest BCUT2D eigenvalue weighted by atomic mass is 9.99. The number of hydrogen-bond acceptors (Lipinski definition) is 5. The number of nitrogens with one attached hydrogen (secondary N) is 1. The van der Waals surface area contributed by atoms with E-state index in [0.717, 1.165) is 34.3 Å². The van der Waals surface area contributed by atoms with Crippen LogP contribution in [0.5, 0.6) is 0 Å². The molecule has 9 heteroatoms. The number of fused-ring (bicyclic) bond motifs is 1. The predicted molar refractivity (Wildman–Crippen MR) is 139 cm³/mol. The van der Waals surface area contributed by atoms with Gasteiger partial charge in [-0.1, -0.05) is 30.3 Å². The fourth-order valence-corrected chi connectivity index (χ4v) is 5.34. The molecule has 6 rings (SSSR count). The molecule has 0 saturated carbocycles. The van der Waals surface area contributed by atoms with E-state index in [2.05, 4.69) is 10.4 Å². The Balaban J connectivity index is 1.36. The Bertz CT molecular complexity index is 1540. The second-order valence-electron chi connectivity index (χ2n) is 9.58. The van der Waals surface area contributed by atoms with Crippen LogP contribution in [0, 0.1) is 0 Å². The number of amides is 2. The second kappa shape index (κ2) is 9.33. The molecule has 2 aromatic heterocycles. The first-order valence-corrected chi connectivity index (χ1v) is 12.4. The van der Waals surface area contributed by atoms with Gasteiger partial charge >= 0.3 is 0 Å². The standard InChI is InChI=1S/C28H27N5O4/c1-31-17-21(10-12-25(31)34)33-23-11-9-20(14-19(23)16-29-33)32-26(35)15-22(27(32)18-6-3-2-4-7-18)30-28(36)24-8-5-13-37-24/h2-4,6-7,9-12,14,16-17,22,24,27H,5,8,13,15H2,1H3,(H,30,36)/t22-,24+,27+/m0/s1. The van der Waals surface area contributed by atoms with Crippen molar-refractivity contribution in [2.45, 2.75) is 37.5 Å². The Labute approximate surface area is 213 Å². The Morgan fingerprint density at radius 3 is 2.62 bits per heavy atom. The maximum absolute atomic E-state index is 13.4. The maximum atomic E-state index is 13.4. The summed E-state index contributed by atoms with van der Waals surface area (Å²) in [7, 11) is 1.70. The van der Waals surface area contributed by atoms with Gasteiger partial charge in [0.15, 0.2) is 0 Å². The summed E-state index contributed by atoms with van der Waals surface area (Å²) in [5.74, 6) is -0.219. The van der Waals surface area contributed by atoms with Crippen molar-refractivity contribution in [1.29, 1.82) is 0 Å². The molecule has 2 aliphatic heterocycles. The third-order valence-electron chi connectivity index (χ3n) is 7.16. The molecule has 2 aliphatic rings. The molecule has 2 amide bonds. The fourth-order valence-electron chi connectivity index (χ4n) is 5.34. The normalized spacial score (nSPS) is 21.6. The summed E-state index contributed by atoms with van der Waals surface area (Å²) in [6.45, 7) is 0.586. The lowest BCUT2D eigenvalue weighted by Crippen LogP contribution is -2.44. The number of ether oxygens (including phenoxy) is 1. The molecule has 0 spiro atoms. The maximum Gasteiger partial charge on any atom is 0.250 e. The first-order valence-electron chi connectivity index (χ1n) is 12.4. The topological polar surface area (TPSA) is 98.5 Å². The average molecular weight is 498 g/mol. The molecule has 3 atom stereocenters. The predicted octanol–water partition coefficient (Wildman–Crippen LogP) is 2.87. The molecule has 9 nitrogen and oxygen atoms in total. The van der Waals surface area contributed by atoms with Gasteiger partial charge in [0.1, 0.15) is 6.10 Å². The van der Waals surface area contributed by atoms with Gasteiger partial charge in [0.25, 0.3) is 0 Å².